The zero-order chi connectivity index (χ0) is 24.6. The summed E-state index contributed by atoms with van der Waals surface area (Å²) >= 11 is 0. The van der Waals surface area contributed by atoms with Crippen LogP contribution in [-0.4, -0.2) is 65.7 Å². The maximum atomic E-state index is 12.7. The number of hydrogen-bond donors (Lipinski definition) is 3. The van der Waals surface area contributed by atoms with Crippen LogP contribution < -0.4 is 10.2 Å². The molecule has 8 nitrogen and oxygen atoms in total. The van der Waals surface area contributed by atoms with Crippen molar-refractivity contribution in [2.24, 2.45) is 0 Å². The van der Waals surface area contributed by atoms with Gasteiger partial charge in [-0.25, -0.2) is 9.59 Å². The summed E-state index contributed by atoms with van der Waals surface area (Å²) in [5.41, 5.74) is 2.82. The molecular weight excluding hydrogens is 434 g/mol. The van der Waals surface area contributed by atoms with Crippen molar-refractivity contribution in [1.29, 1.82) is 0 Å². The normalized spacial score (nSPS) is 19.1. The summed E-state index contributed by atoms with van der Waals surface area (Å²) in [6, 6.07) is 18.6. The molecule has 2 heterocycles. The van der Waals surface area contributed by atoms with Crippen molar-refractivity contribution in [2.75, 3.05) is 42.9 Å². The van der Waals surface area contributed by atoms with E-state index in [0.29, 0.717) is 6.42 Å². The van der Waals surface area contributed by atoms with E-state index in [1.54, 1.807) is 0 Å². The van der Waals surface area contributed by atoms with Gasteiger partial charge in [0, 0.05) is 44.0 Å². The lowest BCUT2D eigenvalue weighted by molar-refractivity contribution is -0.159. The first kappa shape index (κ1) is 24.8. The van der Waals surface area contributed by atoms with Gasteiger partial charge in [0.2, 0.25) is 5.91 Å². The average molecular weight is 464 g/mol. The van der Waals surface area contributed by atoms with Crippen molar-refractivity contribution in [3.8, 4) is 11.8 Å². The largest absolute Gasteiger partial charge is 0.473 e. The number of amides is 1. The van der Waals surface area contributed by atoms with E-state index in [1.165, 1.54) is 5.69 Å². The van der Waals surface area contributed by atoms with E-state index >= 15 is 0 Å². The molecule has 1 saturated heterocycles. The second-order valence-corrected chi connectivity index (χ2v) is 8.17. The van der Waals surface area contributed by atoms with Crippen molar-refractivity contribution in [3.63, 3.8) is 0 Å². The number of nitrogens with one attached hydrogen (secondary N) is 1. The Morgan fingerprint density at radius 2 is 1.56 bits per heavy atom. The number of para-hydroxylation sites is 2. The second-order valence-electron chi connectivity index (χ2n) is 8.17. The fraction of sp³-hybridized carbons (Fsp3) is 0.346. The minimum Gasteiger partial charge on any atom is -0.473 e. The minimum absolute atomic E-state index is 0.0852. The molecule has 2 aromatic carbocycles. The van der Waals surface area contributed by atoms with Gasteiger partial charge < -0.3 is 20.4 Å². The van der Waals surface area contributed by atoms with Gasteiger partial charge in [-0.1, -0.05) is 49.2 Å². The van der Waals surface area contributed by atoms with Crippen LogP contribution in [0.25, 0.3) is 0 Å². The Kier molecular flexibility index (Phi) is 8.28. The highest BCUT2D eigenvalue weighted by molar-refractivity contribution is 6.27. The highest BCUT2D eigenvalue weighted by atomic mass is 16.4. The lowest BCUT2D eigenvalue weighted by Gasteiger charge is -2.35. The molecule has 178 valence electrons. The fourth-order valence-corrected chi connectivity index (χ4v) is 4.21. The van der Waals surface area contributed by atoms with E-state index in [2.05, 4.69) is 70.3 Å². The number of benzene rings is 2. The van der Waals surface area contributed by atoms with Crippen LogP contribution in [0.4, 0.5) is 11.4 Å². The van der Waals surface area contributed by atoms with Crippen LogP contribution in [0.15, 0.2) is 54.6 Å². The smallest absolute Gasteiger partial charge is 0.414 e. The standard InChI is InChI=1S/C24H27N3O.C2H2O4/c1-2-24(21-12-6-7-13-22(21)25-23(24)28)14-8-9-15-26-16-18-27(19-17-26)20-10-4-3-5-11-20;3-1(4)2(5)6/h3-7,10-13H,2,14-19H2,1H3,(H,25,28);(H,3,4)(H,5,6). The average Bonchev–Trinajstić information content (AvgIpc) is 3.14. The van der Waals surface area contributed by atoms with Gasteiger partial charge in [-0.3, -0.25) is 9.69 Å². The molecule has 4 rings (SSSR count). The number of piperazine rings is 1. The second kappa shape index (κ2) is 11.3. The molecule has 1 fully saturated rings. The third kappa shape index (κ3) is 5.74. The predicted octanol–water partition coefficient (Wildman–Crippen LogP) is 2.66. The van der Waals surface area contributed by atoms with Crippen molar-refractivity contribution >= 4 is 29.2 Å². The van der Waals surface area contributed by atoms with E-state index in [1.807, 2.05) is 18.2 Å². The minimum atomic E-state index is -1.82. The Balaban J connectivity index is 0.000000481. The molecule has 3 N–H and O–H groups in total. The third-order valence-electron chi connectivity index (χ3n) is 6.22. The Morgan fingerprint density at radius 1 is 0.941 bits per heavy atom. The van der Waals surface area contributed by atoms with Crippen LogP contribution >= 0.6 is 0 Å². The summed E-state index contributed by atoms with van der Waals surface area (Å²) in [4.78, 5) is 35.7. The highest BCUT2D eigenvalue weighted by Gasteiger charge is 2.44. The number of fused-ring (bicyclic) bond motifs is 1. The molecule has 2 aliphatic rings. The number of rotatable bonds is 4. The molecule has 2 aliphatic heterocycles. The number of hydrogen-bond acceptors (Lipinski definition) is 5. The van der Waals surface area contributed by atoms with E-state index in [0.717, 1.165) is 50.4 Å². The summed E-state index contributed by atoms with van der Waals surface area (Å²) in [6.07, 6.45) is 1.34. The van der Waals surface area contributed by atoms with Crippen LogP contribution in [-0.2, 0) is 19.8 Å². The first-order chi connectivity index (χ1) is 16.4. The van der Waals surface area contributed by atoms with Gasteiger partial charge in [0.25, 0.3) is 0 Å². The first-order valence-corrected chi connectivity index (χ1v) is 11.2. The number of carboxylic acids is 2. The monoisotopic (exact) mass is 463 g/mol. The van der Waals surface area contributed by atoms with Gasteiger partial charge in [0.15, 0.2) is 0 Å². The Labute approximate surface area is 199 Å². The van der Waals surface area contributed by atoms with Gasteiger partial charge in [0.1, 0.15) is 0 Å². The van der Waals surface area contributed by atoms with E-state index in [-0.39, 0.29) is 5.91 Å². The number of nitrogens with zero attached hydrogens (tertiary/aromatic N) is 2. The van der Waals surface area contributed by atoms with Gasteiger partial charge >= 0.3 is 11.9 Å². The van der Waals surface area contributed by atoms with Gasteiger partial charge in [0.05, 0.1) is 12.0 Å². The van der Waals surface area contributed by atoms with Crippen molar-refractivity contribution in [3.05, 3.63) is 60.2 Å². The summed E-state index contributed by atoms with van der Waals surface area (Å²) in [5.74, 6) is 3.08. The van der Waals surface area contributed by atoms with Crippen LogP contribution in [0.3, 0.4) is 0 Å². The van der Waals surface area contributed by atoms with Crippen LogP contribution in [0, 0.1) is 11.8 Å². The quantitative estimate of drug-likeness (QED) is 0.472. The molecular formula is C26H29N3O5. The molecule has 1 atom stereocenters. The van der Waals surface area contributed by atoms with E-state index in [4.69, 9.17) is 19.8 Å². The number of anilines is 2. The van der Waals surface area contributed by atoms with Crippen LogP contribution in [0.2, 0.25) is 0 Å². The summed E-state index contributed by atoms with van der Waals surface area (Å²) in [5, 5.41) is 17.8. The number of aliphatic carboxylic acids is 2. The van der Waals surface area contributed by atoms with Crippen molar-refractivity contribution in [1.82, 2.24) is 4.90 Å². The van der Waals surface area contributed by atoms with Crippen LogP contribution in [0.1, 0.15) is 25.3 Å². The number of carbonyl (C=O) groups is 3. The molecule has 2 aromatic rings. The highest BCUT2D eigenvalue weighted by Crippen LogP contribution is 2.42. The molecule has 0 spiro atoms. The lowest BCUT2D eigenvalue weighted by atomic mass is 9.76. The summed E-state index contributed by atoms with van der Waals surface area (Å²) < 4.78 is 0. The van der Waals surface area contributed by atoms with Crippen molar-refractivity contribution < 1.29 is 24.6 Å². The van der Waals surface area contributed by atoms with Gasteiger partial charge in [-0.2, -0.15) is 0 Å². The first-order valence-electron chi connectivity index (χ1n) is 11.2. The molecule has 0 saturated carbocycles. The van der Waals surface area contributed by atoms with Crippen LogP contribution in [0.5, 0.6) is 0 Å². The molecule has 1 unspecified atom stereocenters. The Morgan fingerprint density at radius 3 is 2.18 bits per heavy atom. The topological polar surface area (TPSA) is 110 Å². The fourth-order valence-electron chi connectivity index (χ4n) is 4.21. The summed E-state index contributed by atoms with van der Waals surface area (Å²) in [7, 11) is 0. The lowest BCUT2D eigenvalue weighted by Crippen LogP contribution is -2.46. The zero-order valence-corrected chi connectivity index (χ0v) is 19.2. The Bertz CT molecular complexity index is 1070. The SMILES string of the molecule is CCC1(CC#CCN2CCN(c3ccccc3)CC2)C(=O)Nc2ccccc21.O=C(O)C(=O)O. The van der Waals surface area contributed by atoms with E-state index in [9.17, 15) is 4.79 Å². The number of carboxylic acid groups (broad SMARTS) is 2. The number of carbonyl (C=O) groups excluding carboxylic acids is 1. The molecule has 8 heteroatoms. The van der Waals surface area contributed by atoms with Crippen molar-refractivity contribution in [2.45, 2.75) is 25.2 Å². The Hall–Kier alpha value is -3.83. The molecule has 0 radical (unpaired) electrons. The molecule has 0 aromatic heterocycles. The van der Waals surface area contributed by atoms with Gasteiger partial charge in [-0.15, -0.1) is 5.92 Å². The zero-order valence-electron chi connectivity index (χ0n) is 19.2. The van der Waals surface area contributed by atoms with E-state index < -0.39 is 17.4 Å². The summed E-state index contributed by atoms with van der Waals surface area (Å²) in [6.45, 7) is 6.94. The molecule has 34 heavy (non-hydrogen) atoms. The maximum absolute atomic E-state index is 12.7. The third-order valence-corrected chi connectivity index (χ3v) is 6.22. The molecule has 0 bridgehead atoms. The predicted molar refractivity (Wildman–Crippen MR) is 130 cm³/mol. The molecule has 0 aliphatic carbocycles. The maximum Gasteiger partial charge on any atom is 0.414 e. The van der Waals surface area contributed by atoms with Gasteiger partial charge in [-0.05, 0) is 30.2 Å². The molecule has 1 amide bonds.